The first-order valence-corrected chi connectivity index (χ1v) is 9.43. The summed E-state index contributed by atoms with van der Waals surface area (Å²) in [6.07, 6.45) is 0. The SMILES string of the molecule is Cn1c(NCc2nc3ccccc3n2Cc2ccccc2)nc2ccccc21. The summed E-state index contributed by atoms with van der Waals surface area (Å²) in [6, 6.07) is 26.9. The number of aromatic nitrogens is 4. The van der Waals surface area contributed by atoms with Gasteiger partial charge in [-0.25, -0.2) is 9.97 Å². The van der Waals surface area contributed by atoms with Gasteiger partial charge in [0.25, 0.3) is 0 Å². The molecule has 28 heavy (non-hydrogen) atoms. The van der Waals surface area contributed by atoms with Gasteiger partial charge in [-0.15, -0.1) is 0 Å². The highest BCUT2D eigenvalue weighted by Crippen LogP contribution is 2.21. The van der Waals surface area contributed by atoms with Gasteiger partial charge in [0.1, 0.15) is 5.82 Å². The van der Waals surface area contributed by atoms with E-state index in [1.54, 1.807) is 0 Å². The normalized spacial score (nSPS) is 11.3. The number of fused-ring (bicyclic) bond motifs is 2. The van der Waals surface area contributed by atoms with Crippen molar-refractivity contribution in [2.24, 2.45) is 7.05 Å². The van der Waals surface area contributed by atoms with Crippen molar-refractivity contribution in [2.45, 2.75) is 13.1 Å². The van der Waals surface area contributed by atoms with Crippen molar-refractivity contribution in [1.82, 2.24) is 19.1 Å². The molecule has 0 amide bonds. The zero-order valence-electron chi connectivity index (χ0n) is 15.7. The number of imidazole rings is 2. The number of hydrogen-bond donors (Lipinski definition) is 1. The van der Waals surface area contributed by atoms with Crippen molar-refractivity contribution in [3.05, 3.63) is 90.3 Å². The molecule has 1 N–H and O–H groups in total. The Labute approximate surface area is 163 Å². The predicted molar refractivity (Wildman–Crippen MR) is 113 cm³/mol. The lowest BCUT2D eigenvalue weighted by atomic mass is 10.2. The van der Waals surface area contributed by atoms with E-state index in [0.29, 0.717) is 6.54 Å². The van der Waals surface area contributed by atoms with Crippen LogP contribution in [0.2, 0.25) is 0 Å². The maximum atomic E-state index is 4.87. The van der Waals surface area contributed by atoms with Gasteiger partial charge in [0, 0.05) is 13.6 Å². The van der Waals surface area contributed by atoms with Crippen molar-refractivity contribution in [1.29, 1.82) is 0 Å². The van der Waals surface area contributed by atoms with E-state index in [9.17, 15) is 0 Å². The lowest BCUT2D eigenvalue weighted by Crippen LogP contribution is -2.11. The van der Waals surface area contributed by atoms with Crippen LogP contribution in [0, 0.1) is 0 Å². The summed E-state index contributed by atoms with van der Waals surface area (Å²) in [6.45, 7) is 1.40. The third kappa shape index (κ3) is 2.91. The van der Waals surface area contributed by atoms with Gasteiger partial charge in [0.15, 0.2) is 0 Å². The molecule has 138 valence electrons. The second-order valence-electron chi connectivity index (χ2n) is 6.93. The Balaban J connectivity index is 1.49. The summed E-state index contributed by atoms with van der Waals surface area (Å²) in [5.41, 5.74) is 5.52. The van der Waals surface area contributed by atoms with Gasteiger partial charge in [0.05, 0.1) is 28.6 Å². The van der Waals surface area contributed by atoms with Crippen LogP contribution in [-0.2, 0) is 20.1 Å². The van der Waals surface area contributed by atoms with Crippen molar-refractivity contribution in [2.75, 3.05) is 5.32 Å². The van der Waals surface area contributed by atoms with E-state index < -0.39 is 0 Å². The maximum absolute atomic E-state index is 4.87. The monoisotopic (exact) mass is 367 g/mol. The lowest BCUT2D eigenvalue weighted by Gasteiger charge is -2.11. The highest BCUT2D eigenvalue weighted by molar-refractivity contribution is 5.78. The van der Waals surface area contributed by atoms with E-state index in [2.05, 4.69) is 63.0 Å². The molecule has 0 spiro atoms. The van der Waals surface area contributed by atoms with Crippen molar-refractivity contribution >= 4 is 28.0 Å². The smallest absolute Gasteiger partial charge is 0.203 e. The number of nitrogens with zero attached hydrogens (tertiary/aromatic N) is 4. The van der Waals surface area contributed by atoms with Gasteiger partial charge in [-0.05, 0) is 29.8 Å². The quantitative estimate of drug-likeness (QED) is 0.494. The second-order valence-corrected chi connectivity index (χ2v) is 6.93. The molecule has 2 aromatic heterocycles. The zero-order chi connectivity index (χ0) is 18.9. The first-order chi connectivity index (χ1) is 13.8. The van der Waals surface area contributed by atoms with E-state index in [1.807, 2.05) is 37.4 Å². The highest BCUT2D eigenvalue weighted by Gasteiger charge is 2.13. The Morgan fingerprint density at radius 2 is 1.39 bits per heavy atom. The van der Waals surface area contributed by atoms with Crippen LogP contribution in [0.5, 0.6) is 0 Å². The van der Waals surface area contributed by atoms with E-state index >= 15 is 0 Å². The molecule has 3 aromatic carbocycles. The minimum atomic E-state index is 0.610. The topological polar surface area (TPSA) is 47.7 Å². The van der Waals surface area contributed by atoms with E-state index in [0.717, 1.165) is 40.4 Å². The molecule has 5 heteroatoms. The molecule has 0 saturated heterocycles. The van der Waals surface area contributed by atoms with Crippen molar-refractivity contribution in [3.63, 3.8) is 0 Å². The summed E-state index contributed by atoms with van der Waals surface area (Å²) >= 11 is 0. The highest BCUT2D eigenvalue weighted by atomic mass is 15.2. The van der Waals surface area contributed by atoms with Crippen LogP contribution < -0.4 is 5.32 Å². The number of nitrogens with one attached hydrogen (secondary N) is 1. The standard InChI is InChI=1S/C23H21N5/c1-27-20-13-7-5-11-18(20)26-23(27)24-15-22-25-19-12-6-8-14-21(19)28(22)16-17-9-3-2-4-10-17/h2-14H,15-16H2,1H3,(H,24,26). The first kappa shape index (κ1) is 16.6. The molecule has 5 aromatic rings. The number of aryl methyl sites for hydroxylation is 1. The minimum Gasteiger partial charge on any atom is -0.348 e. The molecular formula is C23H21N5. The van der Waals surface area contributed by atoms with Crippen molar-refractivity contribution in [3.8, 4) is 0 Å². The molecular weight excluding hydrogens is 346 g/mol. The molecule has 0 bridgehead atoms. The fourth-order valence-electron chi connectivity index (χ4n) is 3.66. The summed E-state index contributed by atoms with van der Waals surface area (Å²) in [7, 11) is 2.03. The molecule has 0 aliphatic heterocycles. The summed E-state index contributed by atoms with van der Waals surface area (Å²) in [4.78, 5) is 9.58. The van der Waals surface area contributed by atoms with Crippen LogP contribution in [0.15, 0.2) is 78.9 Å². The van der Waals surface area contributed by atoms with Gasteiger partial charge >= 0.3 is 0 Å². The summed E-state index contributed by atoms with van der Waals surface area (Å²) in [5, 5.41) is 3.47. The molecule has 0 unspecified atom stereocenters. The summed E-state index contributed by atoms with van der Waals surface area (Å²) in [5.74, 6) is 1.84. The maximum Gasteiger partial charge on any atom is 0.203 e. The van der Waals surface area contributed by atoms with Crippen molar-refractivity contribution < 1.29 is 0 Å². The molecule has 0 fully saturated rings. The third-order valence-corrected chi connectivity index (χ3v) is 5.11. The Bertz CT molecular complexity index is 1250. The van der Waals surface area contributed by atoms with Crippen LogP contribution in [0.3, 0.4) is 0 Å². The molecule has 5 nitrogen and oxygen atoms in total. The van der Waals surface area contributed by atoms with E-state index in [1.165, 1.54) is 5.56 Å². The Kier molecular flexibility index (Phi) is 4.05. The molecule has 5 rings (SSSR count). The lowest BCUT2D eigenvalue weighted by molar-refractivity contribution is 0.751. The number of para-hydroxylation sites is 4. The van der Waals surface area contributed by atoms with Crippen LogP contribution >= 0.6 is 0 Å². The Morgan fingerprint density at radius 3 is 2.14 bits per heavy atom. The molecule has 0 aliphatic rings. The van der Waals surface area contributed by atoms with E-state index in [-0.39, 0.29) is 0 Å². The number of hydrogen-bond acceptors (Lipinski definition) is 3. The van der Waals surface area contributed by atoms with E-state index in [4.69, 9.17) is 9.97 Å². The Morgan fingerprint density at radius 1 is 0.750 bits per heavy atom. The Hall–Kier alpha value is -3.60. The minimum absolute atomic E-state index is 0.610. The van der Waals surface area contributed by atoms with Crippen LogP contribution in [0.25, 0.3) is 22.1 Å². The fraction of sp³-hybridized carbons (Fsp3) is 0.130. The predicted octanol–water partition coefficient (Wildman–Crippen LogP) is 4.58. The van der Waals surface area contributed by atoms with Gasteiger partial charge in [-0.1, -0.05) is 54.6 Å². The average Bonchev–Trinajstić information content (AvgIpc) is 3.25. The fourth-order valence-corrected chi connectivity index (χ4v) is 3.66. The van der Waals surface area contributed by atoms with Gasteiger partial charge in [-0.2, -0.15) is 0 Å². The molecule has 2 heterocycles. The number of rotatable bonds is 5. The molecule has 0 radical (unpaired) electrons. The van der Waals surface area contributed by atoms with Gasteiger partial charge < -0.3 is 14.5 Å². The first-order valence-electron chi connectivity index (χ1n) is 9.43. The van der Waals surface area contributed by atoms with Crippen LogP contribution in [0.4, 0.5) is 5.95 Å². The number of anilines is 1. The zero-order valence-corrected chi connectivity index (χ0v) is 15.7. The molecule has 0 aliphatic carbocycles. The van der Waals surface area contributed by atoms with Crippen LogP contribution in [-0.4, -0.2) is 19.1 Å². The number of benzene rings is 3. The molecule has 0 saturated carbocycles. The van der Waals surface area contributed by atoms with Crippen LogP contribution in [0.1, 0.15) is 11.4 Å². The summed E-state index contributed by atoms with van der Waals surface area (Å²) < 4.78 is 4.36. The van der Waals surface area contributed by atoms with Gasteiger partial charge in [-0.3, -0.25) is 0 Å². The average molecular weight is 367 g/mol. The third-order valence-electron chi connectivity index (χ3n) is 5.11. The second kappa shape index (κ2) is 6.85. The largest absolute Gasteiger partial charge is 0.348 e. The molecule has 0 atom stereocenters. The van der Waals surface area contributed by atoms with Gasteiger partial charge in [0.2, 0.25) is 5.95 Å².